The van der Waals surface area contributed by atoms with Gasteiger partial charge in [-0.3, -0.25) is 4.90 Å². The first-order chi connectivity index (χ1) is 9.33. The van der Waals surface area contributed by atoms with Crippen LogP contribution >= 0.6 is 0 Å². The highest BCUT2D eigenvalue weighted by Crippen LogP contribution is 2.22. The number of nitrogens with zero attached hydrogens (tertiary/aromatic N) is 3. The van der Waals surface area contributed by atoms with Gasteiger partial charge in [-0.05, 0) is 19.3 Å². The van der Waals surface area contributed by atoms with Gasteiger partial charge in [0.1, 0.15) is 0 Å². The first-order valence-corrected chi connectivity index (χ1v) is 7.73. The topological polar surface area (TPSA) is 54.1 Å². The van der Waals surface area contributed by atoms with Crippen molar-refractivity contribution >= 4 is 5.96 Å². The zero-order valence-corrected chi connectivity index (χ0v) is 11.8. The Labute approximate surface area is 115 Å². The van der Waals surface area contributed by atoms with Gasteiger partial charge in [0.2, 0.25) is 0 Å². The molecule has 0 spiro atoms. The lowest BCUT2D eigenvalue weighted by molar-refractivity contribution is 0.0195. The zero-order chi connectivity index (χ0) is 13.1. The molecule has 5 heteroatoms. The van der Waals surface area contributed by atoms with Gasteiger partial charge in [0.15, 0.2) is 5.96 Å². The molecule has 0 amide bonds. The number of morpholine rings is 1. The van der Waals surface area contributed by atoms with E-state index in [2.05, 4.69) is 9.80 Å². The first-order valence-electron chi connectivity index (χ1n) is 7.73. The van der Waals surface area contributed by atoms with Crippen molar-refractivity contribution in [1.29, 1.82) is 0 Å². The van der Waals surface area contributed by atoms with Crippen molar-refractivity contribution < 1.29 is 4.74 Å². The van der Waals surface area contributed by atoms with Crippen LogP contribution < -0.4 is 5.73 Å². The molecular formula is C14H26N4O. The molecule has 19 heavy (non-hydrogen) atoms. The molecular weight excluding hydrogens is 240 g/mol. The highest BCUT2D eigenvalue weighted by Gasteiger charge is 2.30. The predicted octanol–water partition coefficient (Wildman–Crippen LogP) is 0.650. The number of rotatable bonds is 2. The number of nitrogens with two attached hydrogens (primary N) is 1. The average molecular weight is 266 g/mol. The fraction of sp³-hybridized carbons (Fsp3) is 0.929. The highest BCUT2D eigenvalue weighted by molar-refractivity contribution is 5.78. The summed E-state index contributed by atoms with van der Waals surface area (Å²) in [4.78, 5) is 9.54. The number of aliphatic imine (C=N–C) groups is 1. The lowest BCUT2D eigenvalue weighted by Crippen LogP contribution is -2.46. The maximum Gasteiger partial charge on any atom is 0.191 e. The molecule has 1 atom stereocenters. The van der Waals surface area contributed by atoms with Gasteiger partial charge in [0.25, 0.3) is 0 Å². The van der Waals surface area contributed by atoms with Gasteiger partial charge in [0, 0.05) is 32.2 Å². The van der Waals surface area contributed by atoms with Crippen molar-refractivity contribution in [3.8, 4) is 0 Å². The fourth-order valence-corrected chi connectivity index (χ4v) is 3.49. The highest BCUT2D eigenvalue weighted by atomic mass is 16.5. The Morgan fingerprint density at radius 2 is 1.79 bits per heavy atom. The molecule has 2 heterocycles. The van der Waals surface area contributed by atoms with E-state index >= 15 is 0 Å². The van der Waals surface area contributed by atoms with Gasteiger partial charge in [-0.25, -0.2) is 4.99 Å². The Morgan fingerprint density at radius 1 is 1.05 bits per heavy atom. The predicted molar refractivity (Wildman–Crippen MR) is 76.2 cm³/mol. The Bertz CT molecular complexity index is 321. The van der Waals surface area contributed by atoms with Crippen LogP contribution in [0.4, 0.5) is 0 Å². The lowest BCUT2D eigenvalue weighted by atomic mass is 10.2. The zero-order valence-electron chi connectivity index (χ0n) is 11.8. The van der Waals surface area contributed by atoms with Gasteiger partial charge >= 0.3 is 0 Å². The van der Waals surface area contributed by atoms with E-state index in [1.165, 1.54) is 32.1 Å². The Hall–Kier alpha value is -0.810. The molecule has 1 aliphatic carbocycles. The molecule has 0 aromatic carbocycles. The van der Waals surface area contributed by atoms with Crippen LogP contribution in [0.1, 0.15) is 32.1 Å². The molecule has 2 saturated heterocycles. The van der Waals surface area contributed by atoms with E-state index in [9.17, 15) is 0 Å². The Morgan fingerprint density at radius 3 is 2.53 bits per heavy atom. The maximum atomic E-state index is 6.18. The number of likely N-dealkylation sites (tertiary alicyclic amines) is 1. The van der Waals surface area contributed by atoms with Crippen LogP contribution in [-0.2, 0) is 4.74 Å². The standard InChI is InChI=1S/C14H26N4O/c15-14(16-12-3-1-2-4-12)18-6-5-13(11-18)17-7-9-19-10-8-17/h12-13H,1-11H2,(H2,15,16). The Kier molecular flexibility index (Phi) is 4.23. The van der Waals surface area contributed by atoms with Gasteiger partial charge < -0.3 is 15.4 Å². The van der Waals surface area contributed by atoms with E-state index < -0.39 is 0 Å². The summed E-state index contributed by atoms with van der Waals surface area (Å²) in [6.45, 7) is 5.99. The van der Waals surface area contributed by atoms with Crippen LogP contribution in [0.25, 0.3) is 0 Å². The van der Waals surface area contributed by atoms with E-state index in [-0.39, 0.29) is 0 Å². The maximum absolute atomic E-state index is 6.18. The van der Waals surface area contributed by atoms with Crippen molar-refractivity contribution in [3.63, 3.8) is 0 Å². The van der Waals surface area contributed by atoms with Crippen LogP contribution in [0.2, 0.25) is 0 Å². The molecule has 0 aromatic rings. The van der Waals surface area contributed by atoms with Crippen molar-refractivity contribution in [2.75, 3.05) is 39.4 Å². The second-order valence-corrected chi connectivity index (χ2v) is 5.96. The fourth-order valence-electron chi connectivity index (χ4n) is 3.49. The molecule has 1 saturated carbocycles. The summed E-state index contributed by atoms with van der Waals surface area (Å²) in [7, 11) is 0. The molecule has 3 aliphatic rings. The normalized spacial score (nSPS) is 31.3. The largest absolute Gasteiger partial charge is 0.379 e. The molecule has 2 aliphatic heterocycles. The van der Waals surface area contributed by atoms with E-state index in [1.54, 1.807) is 0 Å². The van der Waals surface area contributed by atoms with Crippen LogP contribution in [0, 0.1) is 0 Å². The van der Waals surface area contributed by atoms with Gasteiger partial charge in [-0.15, -0.1) is 0 Å². The number of hydrogen-bond donors (Lipinski definition) is 1. The molecule has 0 radical (unpaired) electrons. The summed E-state index contributed by atoms with van der Waals surface area (Å²) >= 11 is 0. The third-order valence-electron chi connectivity index (χ3n) is 4.69. The smallest absolute Gasteiger partial charge is 0.191 e. The van der Waals surface area contributed by atoms with Crippen LogP contribution in [0.15, 0.2) is 4.99 Å². The average Bonchev–Trinajstić information content (AvgIpc) is 3.10. The third-order valence-corrected chi connectivity index (χ3v) is 4.69. The summed E-state index contributed by atoms with van der Waals surface area (Å²) in [6.07, 6.45) is 6.29. The van der Waals surface area contributed by atoms with Crippen molar-refractivity contribution in [2.24, 2.45) is 10.7 Å². The van der Waals surface area contributed by atoms with E-state index in [0.717, 1.165) is 45.4 Å². The monoisotopic (exact) mass is 266 g/mol. The number of ether oxygens (including phenoxy) is 1. The quantitative estimate of drug-likeness (QED) is 0.589. The van der Waals surface area contributed by atoms with Crippen LogP contribution in [-0.4, -0.2) is 67.2 Å². The third kappa shape index (κ3) is 3.20. The second-order valence-electron chi connectivity index (χ2n) is 5.96. The molecule has 108 valence electrons. The summed E-state index contributed by atoms with van der Waals surface area (Å²) in [5.74, 6) is 0.780. The van der Waals surface area contributed by atoms with Crippen LogP contribution in [0.5, 0.6) is 0 Å². The molecule has 2 N–H and O–H groups in total. The van der Waals surface area contributed by atoms with Gasteiger partial charge in [-0.2, -0.15) is 0 Å². The number of guanidine groups is 1. The summed E-state index contributed by atoms with van der Waals surface area (Å²) < 4.78 is 5.42. The van der Waals surface area contributed by atoms with E-state index in [1.807, 2.05) is 0 Å². The first kappa shape index (κ1) is 13.2. The van der Waals surface area contributed by atoms with Crippen molar-refractivity contribution in [2.45, 2.75) is 44.2 Å². The van der Waals surface area contributed by atoms with Gasteiger partial charge in [0.05, 0.1) is 19.3 Å². The van der Waals surface area contributed by atoms with Crippen LogP contribution in [0.3, 0.4) is 0 Å². The summed E-state index contributed by atoms with van der Waals surface area (Å²) in [5.41, 5.74) is 6.18. The van der Waals surface area contributed by atoms with E-state index in [0.29, 0.717) is 12.1 Å². The Balaban J connectivity index is 1.52. The summed E-state index contributed by atoms with van der Waals surface area (Å²) in [6, 6.07) is 1.13. The van der Waals surface area contributed by atoms with Crippen molar-refractivity contribution in [1.82, 2.24) is 9.80 Å². The van der Waals surface area contributed by atoms with Crippen molar-refractivity contribution in [3.05, 3.63) is 0 Å². The minimum absolute atomic E-state index is 0.488. The summed E-state index contributed by atoms with van der Waals surface area (Å²) in [5, 5.41) is 0. The van der Waals surface area contributed by atoms with Gasteiger partial charge in [-0.1, -0.05) is 12.8 Å². The minimum atomic E-state index is 0.488. The van der Waals surface area contributed by atoms with E-state index in [4.69, 9.17) is 15.5 Å². The molecule has 3 rings (SSSR count). The lowest BCUT2D eigenvalue weighted by Gasteiger charge is -2.32. The molecule has 3 fully saturated rings. The molecule has 0 aromatic heterocycles. The molecule has 0 bridgehead atoms. The SMILES string of the molecule is NC(=NC1CCCC1)N1CCC(N2CCOCC2)C1. The number of hydrogen-bond acceptors (Lipinski definition) is 3. The minimum Gasteiger partial charge on any atom is -0.379 e. The second kappa shape index (κ2) is 6.09. The molecule has 1 unspecified atom stereocenters. The molecule has 5 nitrogen and oxygen atoms in total.